The van der Waals surface area contributed by atoms with Gasteiger partial charge in [-0.15, -0.1) is 12.4 Å². The number of rotatable bonds is 3. The van der Waals surface area contributed by atoms with E-state index in [1.807, 2.05) is 25.1 Å². The van der Waals surface area contributed by atoms with Gasteiger partial charge in [-0.1, -0.05) is 6.07 Å². The van der Waals surface area contributed by atoms with Crippen molar-refractivity contribution in [2.24, 2.45) is 0 Å². The van der Waals surface area contributed by atoms with Gasteiger partial charge in [-0.3, -0.25) is 4.79 Å². The SMILES string of the molecule is Cc1ccc(C(=O)NCC2CCCN2)c(Br)c1.Cl. The highest BCUT2D eigenvalue weighted by Crippen LogP contribution is 2.18. The van der Waals surface area contributed by atoms with E-state index in [1.54, 1.807) is 0 Å². The molecule has 1 saturated heterocycles. The van der Waals surface area contributed by atoms with E-state index in [1.165, 1.54) is 6.42 Å². The Morgan fingerprint density at radius 1 is 1.56 bits per heavy atom. The van der Waals surface area contributed by atoms with Gasteiger partial charge in [0.2, 0.25) is 0 Å². The monoisotopic (exact) mass is 332 g/mol. The lowest BCUT2D eigenvalue weighted by Crippen LogP contribution is -2.37. The molecule has 0 aromatic heterocycles. The Hall–Kier alpha value is -0.580. The second-order valence-electron chi connectivity index (χ2n) is 4.49. The van der Waals surface area contributed by atoms with E-state index in [0.717, 1.165) is 23.0 Å². The van der Waals surface area contributed by atoms with Crippen molar-refractivity contribution in [1.29, 1.82) is 0 Å². The average Bonchev–Trinajstić information content (AvgIpc) is 2.78. The first-order chi connectivity index (χ1) is 8.16. The molecular weight excluding hydrogens is 316 g/mol. The van der Waals surface area contributed by atoms with Crippen LogP contribution in [0.5, 0.6) is 0 Å². The van der Waals surface area contributed by atoms with Gasteiger partial charge >= 0.3 is 0 Å². The fourth-order valence-electron chi connectivity index (χ4n) is 2.05. The topological polar surface area (TPSA) is 41.1 Å². The minimum absolute atomic E-state index is 0. The predicted octanol–water partition coefficient (Wildman–Crippen LogP) is 2.66. The number of aryl methyl sites for hydroxylation is 1. The van der Waals surface area contributed by atoms with Crippen molar-refractivity contribution in [3.8, 4) is 0 Å². The number of halogens is 2. The molecule has 0 bridgehead atoms. The molecule has 1 unspecified atom stereocenters. The Morgan fingerprint density at radius 3 is 2.94 bits per heavy atom. The highest BCUT2D eigenvalue weighted by molar-refractivity contribution is 9.10. The van der Waals surface area contributed by atoms with Crippen LogP contribution in [0.4, 0.5) is 0 Å². The van der Waals surface area contributed by atoms with Crippen molar-refractivity contribution in [2.75, 3.05) is 13.1 Å². The number of amides is 1. The summed E-state index contributed by atoms with van der Waals surface area (Å²) in [5, 5.41) is 6.33. The number of hydrogen-bond acceptors (Lipinski definition) is 2. The summed E-state index contributed by atoms with van der Waals surface area (Å²) >= 11 is 3.42. The molecule has 100 valence electrons. The molecule has 0 radical (unpaired) electrons. The van der Waals surface area contributed by atoms with Gasteiger partial charge in [-0.25, -0.2) is 0 Å². The van der Waals surface area contributed by atoms with Gasteiger partial charge in [0.05, 0.1) is 5.56 Å². The summed E-state index contributed by atoms with van der Waals surface area (Å²) in [4.78, 5) is 12.0. The molecule has 1 atom stereocenters. The fourth-order valence-corrected chi connectivity index (χ4v) is 2.72. The first-order valence-corrected chi connectivity index (χ1v) is 6.74. The van der Waals surface area contributed by atoms with Crippen LogP contribution in [0.1, 0.15) is 28.8 Å². The molecule has 2 N–H and O–H groups in total. The Kier molecular flexibility index (Phi) is 6.12. The minimum Gasteiger partial charge on any atom is -0.350 e. The van der Waals surface area contributed by atoms with Gasteiger partial charge in [0.1, 0.15) is 0 Å². The Labute approximate surface area is 122 Å². The quantitative estimate of drug-likeness (QED) is 0.893. The summed E-state index contributed by atoms with van der Waals surface area (Å²) in [6, 6.07) is 6.20. The molecule has 1 aromatic rings. The predicted molar refractivity (Wildman–Crippen MR) is 79.5 cm³/mol. The molecule has 1 aliphatic heterocycles. The smallest absolute Gasteiger partial charge is 0.252 e. The van der Waals surface area contributed by atoms with Crippen LogP contribution in [-0.2, 0) is 0 Å². The highest BCUT2D eigenvalue weighted by Gasteiger charge is 2.16. The zero-order valence-corrected chi connectivity index (χ0v) is 12.7. The maximum atomic E-state index is 12.0. The molecule has 1 aliphatic rings. The number of carbonyl (C=O) groups excluding carboxylic acids is 1. The van der Waals surface area contributed by atoms with Gasteiger partial charge in [-0.05, 0) is 59.9 Å². The van der Waals surface area contributed by atoms with Crippen LogP contribution < -0.4 is 10.6 Å². The van der Waals surface area contributed by atoms with Gasteiger partial charge in [-0.2, -0.15) is 0 Å². The Bertz CT molecular complexity index is 419. The first-order valence-electron chi connectivity index (χ1n) is 5.94. The second kappa shape index (κ2) is 7.12. The molecule has 3 nitrogen and oxygen atoms in total. The molecule has 1 heterocycles. The van der Waals surface area contributed by atoms with E-state index in [4.69, 9.17) is 0 Å². The van der Waals surface area contributed by atoms with E-state index in [9.17, 15) is 4.79 Å². The zero-order chi connectivity index (χ0) is 12.3. The summed E-state index contributed by atoms with van der Waals surface area (Å²) < 4.78 is 0.856. The van der Waals surface area contributed by atoms with Crippen LogP contribution in [-0.4, -0.2) is 25.0 Å². The maximum absolute atomic E-state index is 12.0. The lowest BCUT2D eigenvalue weighted by atomic mass is 10.1. The third-order valence-electron chi connectivity index (χ3n) is 3.04. The summed E-state index contributed by atoms with van der Waals surface area (Å²) in [6.45, 7) is 3.78. The van der Waals surface area contributed by atoms with Crippen molar-refractivity contribution < 1.29 is 4.79 Å². The molecule has 0 spiro atoms. The molecule has 1 aromatic carbocycles. The minimum atomic E-state index is -0.00873. The average molecular weight is 334 g/mol. The molecule has 1 fully saturated rings. The molecule has 5 heteroatoms. The van der Waals surface area contributed by atoms with Gasteiger partial charge in [0.25, 0.3) is 5.91 Å². The van der Waals surface area contributed by atoms with Crippen molar-refractivity contribution in [1.82, 2.24) is 10.6 Å². The molecule has 1 amide bonds. The van der Waals surface area contributed by atoms with Crippen LogP contribution in [0.2, 0.25) is 0 Å². The van der Waals surface area contributed by atoms with Crippen LogP contribution in [0.25, 0.3) is 0 Å². The normalized spacial score (nSPS) is 18.2. The first kappa shape index (κ1) is 15.5. The summed E-state index contributed by atoms with van der Waals surface area (Å²) in [7, 11) is 0. The van der Waals surface area contributed by atoms with Crippen LogP contribution in [0, 0.1) is 6.92 Å². The Morgan fingerprint density at radius 2 is 2.33 bits per heavy atom. The van der Waals surface area contributed by atoms with Crippen LogP contribution in [0.3, 0.4) is 0 Å². The summed E-state index contributed by atoms with van der Waals surface area (Å²) in [5.74, 6) is -0.00873. The van der Waals surface area contributed by atoms with Crippen molar-refractivity contribution >= 4 is 34.2 Å². The van der Waals surface area contributed by atoms with Gasteiger partial charge < -0.3 is 10.6 Å². The summed E-state index contributed by atoms with van der Waals surface area (Å²) in [6.07, 6.45) is 2.35. The number of benzene rings is 1. The molecular formula is C13H18BrClN2O. The van der Waals surface area contributed by atoms with Crippen LogP contribution >= 0.6 is 28.3 Å². The molecule has 0 saturated carbocycles. The zero-order valence-electron chi connectivity index (χ0n) is 10.3. The van der Waals surface area contributed by atoms with Crippen molar-refractivity contribution in [2.45, 2.75) is 25.8 Å². The standard InChI is InChI=1S/C13H17BrN2O.ClH/c1-9-4-5-11(12(14)7-9)13(17)16-8-10-3-2-6-15-10;/h4-5,7,10,15H,2-3,6,8H2,1H3,(H,16,17);1H. The lowest BCUT2D eigenvalue weighted by molar-refractivity contribution is 0.0949. The van der Waals surface area contributed by atoms with Crippen LogP contribution in [0.15, 0.2) is 22.7 Å². The molecule has 2 rings (SSSR count). The third-order valence-corrected chi connectivity index (χ3v) is 3.70. The number of hydrogen-bond donors (Lipinski definition) is 2. The third kappa shape index (κ3) is 3.97. The second-order valence-corrected chi connectivity index (χ2v) is 5.34. The largest absolute Gasteiger partial charge is 0.350 e. The van der Waals surface area contributed by atoms with Crippen molar-refractivity contribution in [3.63, 3.8) is 0 Å². The molecule has 0 aliphatic carbocycles. The van der Waals surface area contributed by atoms with Gasteiger partial charge in [0.15, 0.2) is 0 Å². The Balaban J connectivity index is 0.00000162. The van der Waals surface area contributed by atoms with Gasteiger partial charge in [0, 0.05) is 17.1 Å². The van der Waals surface area contributed by atoms with Crippen molar-refractivity contribution in [3.05, 3.63) is 33.8 Å². The molecule has 18 heavy (non-hydrogen) atoms. The fraction of sp³-hybridized carbons (Fsp3) is 0.462. The highest BCUT2D eigenvalue weighted by atomic mass is 79.9. The van der Waals surface area contributed by atoms with E-state index in [-0.39, 0.29) is 18.3 Å². The number of nitrogens with one attached hydrogen (secondary N) is 2. The van der Waals surface area contributed by atoms with E-state index >= 15 is 0 Å². The van der Waals surface area contributed by atoms with E-state index < -0.39 is 0 Å². The lowest BCUT2D eigenvalue weighted by Gasteiger charge is -2.12. The van der Waals surface area contributed by atoms with E-state index in [0.29, 0.717) is 18.2 Å². The number of carbonyl (C=O) groups is 1. The van der Waals surface area contributed by atoms with E-state index in [2.05, 4.69) is 26.6 Å². The summed E-state index contributed by atoms with van der Waals surface area (Å²) in [5.41, 5.74) is 1.85. The maximum Gasteiger partial charge on any atom is 0.252 e.